The molecule has 1 N–H and O–H groups in total. The number of aryl methyl sites for hydroxylation is 1. The van der Waals surface area contributed by atoms with Crippen LogP contribution in [0.5, 0.6) is 0 Å². The maximum Gasteiger partial charge on any atom is 0.416 e. The number of alkyl halides is 3. The van der Waals surface area contributed by atoms with Gasteiger partial charge < -0.3 is 10.2 Å². The number of fused-ring (bicyclic) bond motifs is 1. The molecule has 2 saturated heterocycles. The van der Waals surface area contributed by atoms with E-state index >= 15 is 0 Å². The van der Waals surface area contributed by atoms with Crippen LogP contribution in [-0.4, -0.2) is 33.3 Å². The SMILES string of the molecule is Cc1ccc(C(=O)N2[C@H]3CCCC(=O)N[C@@]3(C)C[C@H]2c2cccc(C(F)(F)F)c2)cn1. The van der Waals surface area contributed by atoms with E-state index in [0.29, 0.717) is 36.8 Å². The monoisotopic (exact) mass is 431 g/mol. The lowest BCUT2D eigenvalue weighted by Crippen LogP contribution is -2.54. The van der Waals surface area contributed by atoms with Gasteiger partial charge in [-0.15, -0.1) is 0 Å². The fourth-order valence-corrected chi connectivity index (χ4v) is 4.82. The molecule has 1 aromatic carbocycles. The smallest absolute Gasteiger partial charge is 0.349 e. The third-order valence-corrected chi connectivity index (χ3v) is 6.32. The average molecular weight is 431 g/mol. The van der Waals surface area contributed by atoms with Crippen LogP contribution in [0.25, 0.3) is 0 Å². The number of likely N-dealkylation sites (tertiary alicyclic amines) is 1. The van der Waals surface area contributed by atoms with E-state index in [1.165, 1.54) is 12.3 Å². The zero-order valence-electron chi connectivity index (χ0n) is 17.4. The van der Waals surface area contributed by atoms with E-state index in [4.69, 9.17) is 0 Å². The highest BCUT2D eigenvalue weighted by atomic mass is 19.4. The lowest BCUT2D eigenvalue weighted by molar-refractivity contribution is -0.137. The molecule has 0 aliphatic carbocycles. The fourth-order valence-electron chi connectivity index (χ4n) is 4.82. The Morgan fingerprint density at radius 1 is 1.26 bits per heavy atom. The number of nitrogens with one attached hydrogen (secondary N) is 1. The first-order valence-corrected chi connectivity index (χ1v) is 10.3. The minimum atomic E-state index is -4.48. The Bertz CT molecular complexity index is 1010. The number of nitrogens with zero attached hydrogens (tertiary/aromatic N) is 2. The summed E-state index contributed by atoms with van der Waals surface area (Å²) in [6, 6.07) is 7.60. The minimum Gasteiger partial charge on any atom is -0.349 e. The highest BCUT2D eigenvalue weighted by Gasteiger charge is 2.53. The van der Waals surface area contributed by atoms with Gasteiger partial charge in [-0.2, -0.15) is 13.2 Å². The number of aromatic nitrogens is 1. The number of hydrogen-bond donors (Lipinski definition) is 1. The molecule has 2 aliphatic heterocycles. The minimum absolute atomic E-state index is 0.0981. The zero-order chi connectivity index (χ0) is 22.4. The predicted octanol–water partition coefficient (Wildman–Crippen LogP) is 4.42. The molecule has 31 heavy (non-hydrogen) atoms. The van der Waals surface area contributed by atoms with Crippen molar-refractivity contribution in [1.82, 2.24) is 15.2 Å². The van der Waals surface area contributed by atoms with Crippen molar-refractivity contribution < 1.29 is 22.8 Å². The first kappa shape index (κ1) is 21.3. The van der Waals surface area contributed by atoms with Gasteiger partial charge in [0.05, 0.1) is 28.7 Å². The summed E-state index contributed by atoms with van der Waals surface area (Å²) in [6.45, 7) is 3.69. The van der Waals surface area contributed by atoms with Gasteiger partial charge in [-0.1, -0.05) is 12.1 Å². The second kappa shape index (κ2) is 7.66. The van der Waals surface area contributed by atoms with Gasteiger partial charge in [0, 0.05) is 18.3 Å². The van der Waals surface area contributed by atoms with E-state index in [-0.39, 0.29) is 17.9 Å². The number of amides is 2. The molecule has 2 fully saturated rings. The zero-order valence-corrected chi connectivity index (χ0v) is 17.4. The van der Waals surface area contributed by atoms with Crippen molar-refractivity contribution in [3.63, 3.8) is 0 Å². The molecular weight excluding hydrogens is 407 g/mol. The van der Waals surface area contributed by atoms with Crippen molar-refractivity contribution in [2.45, 2.75) is 63.3 Å². The Morgan fingerprint density at radius 2 is 2.03 bits per heavy atom. The Labute approximate surface area is 178 Å². The van der Waals surface area contributed by atoms with Crippen molar-refractivity contribution in [2.75, 3.05) is 0 Å². The van der Waals surface area contributed by atoms with E-state index in [1.54, 1.807) is 23.1 Å². The Balaban J connectivity index is 1.79. The molecule has 164 valence electrons. The number of pyridine rings is 1. The van der Waals surface area contributed by atoms with Crippen LogP contribution >= 0.6 is 0 Å². The van der Waals surface area contributed by atoms with E-state index in [0.717, 1.165) is 17.8 Å². The lowest BCUT2D eigenvalue weighted by atomic mass is 9.88. The summed E-state index contributed by atoms with van der Waals surface area (Å²) >= 11 is 0. The summed E-state index contributed by atoms with van der Waals surface area (Å²) in [5.41, 5.74) is 0.0733. The van der Waals surface area contributed by atoms with Gasteiger partial charge in [0.1, 0.15) is 0 Å². The van der Waals surface area contributed by atoms with Crippen molar-refractivity contribution in [3.05, 3.63) is 65.0 Å². The Morgan fingerprint density at radius 3 is 2.71 bits per heavy atom. The van der Waals surface area contributed by atoms with Gasteiger partial charge >= 0.3 is 6.18 Å². The van der Waals surface area contributed by atoms with Gasteiger partial charge in [0.15, 0.2) is 0 Å². The molecule has 0 radical (unpaired) electrons. The van der Waals surface area contributed by atoms with Crippen molar-refractivity contribution >= 4 is 11.8 Å². The molecule has 1 aromatic heterocycles. The number of rotatable bonds is 2. The lowest BCUT2D eigenvalue weighted by Gasteiger charge is -2.35. The second-order valence-corrected chi connectivity index (χ2v) is 8.62. The third-order valence-electron chi connectivity index (χ3n) is 6.32. The largest absolute Gasteiger partial charge is 0.416 e. The first-order chi connectivity index (χ1) is 14.6. The van der Waals surface area contributed by atoms with Crippen LogP contribution in [0.15, 0.2) is 42.6 Å². The molecule has 3 heterocycles. The maximum atomic E-state index is 13.6. The molecular formula is C23H24F3N3O2. The van der Waals surface area contributed by atoms with Crippen LogP contribution < -0.4 is 5.32 Å². The second-order valence-electron chi connectivity index (χ2n) is 8.62. The molecule has 2 aliphatic rings. The van der Waals surface area contributed by atoms with Gasteiger partial charge in [-0.25, -0.2) is 0 Å². The molecule has 5 nitrogen and oxygen atoms in total. The highest BCUT2D eigenvalue weighted by Crippen LogP contribution is 2.46. The van der Waals surface area contributed by atoms with Gasteiger partial charge in [0.25, 0.3) is 5.91 Å². The highest BCUT2D eigenvalue weighted by molar-refractivity contribution is 5.95. The van der Waals surface area contributed by atoms with Gasteiger partial charge in [-0.3, -0.25) is 14.6 Å². The summed E-state index contributed by atoms with van der Waals surface area (Å²) < 4.78 is 40.0. The van der Waals surface area contributed by atoms with Crippen LogP contribution in [0.4, 0.5) is 13.2 Å². The topological polar surface area (TPSA) is 62.3 Å². The van der Waals surface area contributed by atoms with Crippen LogP contribution in [0.1, 0.15) is 65.8 Å². The summed E-state index contributed by atoms with van der Waals surface area (Å²) in [7, 11) is 0. The molecule has 2 amide bonds. The molecule has 2 aromatic rings. The molecule has 0 unspecified atom stereocenters. The molecule has 0 spiro atoms. The number of hydrogen-bond acceptors (Lipinski definition) is 3. The van der Waals surface area contributed by atoms with Crippen LogP contribution in [0.2, 0.25) is 0 Å². The van der Waals surface area contributed by atoms with Crippen LogP contribution in [0.3, 0.4) is 0 Å². The first-order valence-electron chi connectivity index (χ1n) is 10.3. The maximum absolute atomic E-state index is 13.6. The Kier molecular flexibility index (Phi) is 5.27. The van der Waals surface area contributed by atoms with Crippen LogP contribution in [-0.2, 0) is 11.0 Å². The summed E-state index contributed by atoms with van der Waals surface area (Å²) in [4.78, 5) is 31.7. The van der Waals surface area contributed by atoms with E-state index in [1.807, 2.05) is 13.8 Å². The van der Waals surface area contributed by atoms with E-state index in [9.17, 15) is 22.8 Å². The third kappa shape index (κ3) is 4.03. The van der Waals surface area contributed by atoms with E-state index in [2.05, 4.69) is 10.3 Å². The van der Waals surface area contributed by atoms with Crippen LogP contribution in [0, 0.1) is 6.92 Å². The molecule has 0 bridgehead atoms. The summed E-state index contributed by atoms with van der Waals surface area (Å²) in [5, 5.41) is 3.04. The normalized spacial score (nSPS) is 26.2. The van der Waals surface area contributed by atoms with Crippen molar-refractivity contribution in [2.24, 2.45) is 0 Å². The Hall–Kier alpha value is -2.90. The van der Waals surface area contributed by atoms with Gasteiger partial charge in [-0.05, 0) is 62.9 Å². The van der Waals surface area contributed by atoms with Crippen molar-refractivity contribution in [3.8, 4) is 0 Å². The average Bonchev–Trinajstić information content (AvgIpc) is 2.90. The number of carbonyl (C=O) groups excluding carboxylic acids is 2. The summed E-state index contributed by atoms with van der Waals surface area (Å²) in [5.74, 6) is -0.390. The summed E-state index contributed by atoms with van der Waals surface area (Å²) in [6.07, 6.45) is -1.07. The molecule has 8 heteroatoms. The van der Waals surface area contributed by atoms with Gasteiger partial charge in [0.2, 0.25) is 5.91 Å². The quantitative estimate of drug-likeness (QED) is 0.766. The van der Waals surface area contributed by atoms with Crippen molar-refractivity contribution in [1.29, 1.82) is 0 Å². The molecule has 3 atom stereocenters. The number of halogens is 3. The number of carbonyl (C=O) groups is 2. The predicted molar refractivity (Wildman–Crippen MR) is 108 cm³/mol. The fraction of sp³-hybridized carbons (Fsp3) is 0.435. The molecule has 0 saturated carbocycles. The molecule has 4 rings (SSSR count). The number of benzene rings is 1. The standard InChI is InChI=1S/C23H24F3N3O2/c1-14-9-10-16(13-27-14)21(31)29-18(15-5-3-6-17(11-15)23(24,25)26)12-22(2)19(29)7-4-8-20(30)28-22/h3,5-6,9-11,13,18-19H,4,7-8,12H2,1-2H3,(H,28,30)/t18-,19-,22-/m0/s1. The van der Waals surface area contributed by atoms with E-state index < -0.39 is 23.3 Å².